The summed E-state index contributed by atoms with van der Waals surface area (Å²) in [6, 6.07) is 8.81. The van der Waals surface area contributed by atoms with Crippen LogP contribution in [-0.4, -0.2) is 60.2 Å². The maximum absolute atomic E-state index is 13.2. The van der Waals surface area contributed by atoms with Crippen molar-refractivity contribution >= 4 is 17.6 Å². The van der Waals surface area contributed by atoms with E-state index in [0.29, 0.717) is 42.7 Å². The van der Waals surface area contributed by atoms with Gasteiger partial charge >= 0.3 is 6.03 Å². The Bertz CT molecular complexity index is 894. The van der Waals surface area contributed by atoms with E-state index in [0.717, 1.165) is 12.1 Å². The Labute approximate surface area is 191 Å². The lowest BCUT2D eigenvalue weighted by molar-refractivity contribution is -0.133. The van der Waals surface area contributed by atoms with Crippen LogP contribution in [0.15, 0.2) is 36.5 Å². The molecule has 1 heterocycles. The van der Waals surface area contributed by atoms with Crippen molar-refractivity contribution in [1.29, 1.82) is 0 Å². The Morgan fingerprint density at radius 3 is 2.44 bits per heavy atom. The zero-order valence-electron chi connectivity index (χ0n) is 20.1. The molecule has 176 valence electrons. The molecule has 1 aromatic heterocycles. The number of rotatable bonds is 11. The van der Waals surface area contributed by atoms with Crippen LogP contribution < -0.4 is 14.8 Å². The fraction of sp³-hybridized carbons (Fsp3) is 0.500. The molecule has 1 N–H and O–H groups in total. The topological polar surface area (TPSA) is 76.0 Å². The summed E-state index contributed by atoms with van der Waals surface area (Å²) in [7, 11) is 5.07. The van der Waals surface area contributed by atoms with Gasteiger partial charge in [-0.05, 0) is 36.6 Å². The highest BCUT2D eigenvalue weighted by atomic mass is 16.5. The molecule has 0 spiro atoms. The summed E-state index contributed by atoms with van der Waals surface area (Å²) >= 11 is 0. The molecule has 0 saturated heterocycles. The number of hydrogen-bond acceptors (Lipinski definition) is 4. The summed E-state index contributed by atoms with van der Waals surface area (Å²) in [4.78, 5) is 29.6. The minimum absolute atomic E-state index is 0.00921. The molecule has 0 saturated carbocycles. The number of aromatic nitrogens is 1. The molecule has 2 rings (SSSR count). The summed E-state index contributed by atoms with van der Waals surface area (Å²) < 4.78 is 12.6. The van der Waals surface area contributed by atoms with Gasteiger partial charge in [-0.15, -0.1) is 0 Å². The van der Waals surface area contributed by atoms with Gasteiger partial charge in [-0.3, -0.25) is 4.79 Å². The lowest BCUT2D eigenvalue weighted by Gasteiger charge is -2.29. The number of nitrogens with zero attached hydrogens (tertiary/aromatic N) is 3. The highest BCUT2D eigenvalue weighted by Gasteiger charge is 2.23. The maximum atomic E-state index is 13.2. The highest BCUT2D eigenvalue weighted by molar-refractivity contribution is 5.93. The number of ether oxygens (including phenoxy) is 2. The Balaban J connectivity index is 2.14. The second kappa shape index (κ2) is 12.0. The monoisotopic (exact) mass is 444 g/mol. The van der Waals surface area contributed by atoms with Crippen LogP contribution >= 0.6 is 0 Å². The largest absolute Gasteiger partial charge is 0.497 e. The lowest BCUT2D eigenvalue weighted by Crippen LogP contribution is -2.45. The van der Waals surface area contributed by atoms with Gasteiger partial charge in [0.15, 0.2) is 0 Å². The molecule has 0 radical (unpaired) electrons. The second-order valence-corrected chi connectivity index (χ2v) is 8.20. The molecule has 0 aliphatic rings. The molecule has 0 bridgehead atoms. The van der Waals surface area contributed by atoms with E-state index in [9.17, 15) is 9.59 Å². The van der Waals surface area contributed by atoms with E-state index in [2.05, 4.69) is 19.2 Å². The number of urea groups is 1. The summed E-state index contributed by atoms with van der Waals surface area (Å²) in [5.41, 5.74) is 1.57. The van der Waals surface area contributed by atoms with Crippen molar-refractivity contribution < 1.29 is 19.1 Å². The van der Waals surface area contributed by atoms with E-state index in [4.69, 9.17) is 9.47 Å². The first-order valence-electron chi connectivity index (χ1n) is 10.9. The molecule has 0 unspecified atom stereocenters. The molecule has 0 atom stereocenters. The van der Waals surface area contributed by atoms with Gasteiger partial charge in [0.05, 0.1) is 26.5 Å². The number of carbonyl (C=O) groups excluding carboxylic acids is 2. The predicted octanol–water partition coefficient (Wildman–Crippen LogP) is 3.97. The third kappa shape index (κ3) is 6.93. The zero-order valence-corrected chi connectivity index (χ0v) is 20.1. The average Bonchev–Trinajstić information content (AvgIpc) is 3.17. The normalized spacial score (nSPS) is 10.7. The number of nitrogens with one attached hydrogen (secondary N) is 1. The molecule has 2 aromatic rings. The molecular formula is C24H36N4O4. The smallest absolute Gasteiger partial charge is 0.322 e. The van der Waals surface area contributed by atoms with Crippen LogP contribution in [0.5, 0.6) is 11.5 Å². The van der Waals surface area contributed by atoms with Gasteiger partial charge in [-0.1, -0.05) is 20.8 Å². The summed E-state index contributed by atoms with van der Waals surface area (Å²) in [6.07, 6.45) is 2.70. The van der Waals surface area contributed by atoms with E-state index in [1.807, 2.05) is 41.8 Å². The van der Waals surface area contributed by atoms with Crippen molar-refractivity contribution in [2.24, 2.45) is 13.0 Å². The summed E-state index contributed by atoms with van der Waals surface area (Å²) in [6.45, 7) is 7.75. The molecule has 3 amide bonds. The van der Waals surface area contributed by atoms with Crippen molar-refractivity contribution in [2.45, 2.75) is 33.7 Å². The van der Waals surface area contributed by atoms with E-state index in [-0.39, 0.29) is 18.5 Å². The Morgan fingerprint density at radius 1 is 1.12 bits per heavy atom. The Hall–Kier alpha value is -3.16. The van der Waals surface area contributed by atoms with Crippen LogP contribution in [0.2, 0.25) is 0 Å². The highest BCUT2D eigenvalue weighted by Crippen LogP contribution is 2.29. The van der Waals surface area contributed by atoms with Gasteiger partial charge < -0.3 is 29.2 Å². The van der Waals surface area contributed by atoms with Crippen LogP contribution in [-0.2, 0) is 18.4 Å². The van der Waals surface area contributed by atoms with E-state index in [1.54, 1.807) is 30.2 Å². The number of hydrogen-bond donors (Lipinski definition) is 1. The minimum Gasteiger partial charge on any atom is -0.497 e. The van der Waals surface area contributed by atoms with Crippen LogP contribution in [0.4, 0.5) is 10.5 Å². The van der Waals surface area contributed by atoms with Gasteiger partial charge in [-0.25, -0.2) is 4.79 Å². The number of aryl methyl sites for hydroxylation is 1. The van der Waals surface area contributed by atoms with Crippen molar-refractivity contribution in [3.63, 3.8) is 0 Å². The number of anilines is 1. The van der Waals surface area contributed by atoms with Crippen LogP contribution in [0.3, 0.4) is 0 Å². The third-order valence-corrected chi connectivity index (χ3v) is 5.10. The lowest BCUT2D eigenvalue weighted by atomic mass is 10.2. The first-order chi connectivity index (χ1) is 15.3. The number of benzene rings is 1. The second-order valence-electron chi connectivity index (χ2n) is 8.20. The molecule has 0 fully saturated rings. The van der Waals surface area contributed by atoms with Crippen molar-refractivity contribution in [1.82, 2.24) is 14.4 Å². The minimum atomic E-state index is -0.341. The van der Waals surface area contributed by atoms with Crippen LogP contribution in [0, 0.1) is 5.92 Å². The van der Waals surface area contributed by atoms with Crippen molar-refractivity contribution in [3.05, 3.63) is 42.2 Å². The van der Waals surface area contributed by atoms with Gasteiger partial charge in [0.2, 0.25) is 5.91 Å². The van der Waals surface area contributed by atoms with Gasteiger partial charge in [0.1, 0.15) is 18.0 Å². The molecular weight excluding hydrogens is 408 g/mol. The van der Waals surface area contributed by atoms with Crippen molar-refractivity contribution in [3.8, 4) is 11.5 Å². The predicted molar refractivity (Wildman–Crippen MR) is 126 cm³/mol. The Kier molecular flexibility index (Phi) is 9.43. The zero-order chi connectivity index (χ0) is 23.7. The van der Waals surface area contributed by atoms with Gasteiger partial charge in [0.25, 0.3) is 0 Å². The number of amides is 3. The third-order valence-electron chi connectivity index (χ3n) is 5.10. The summed E-state index contributed by atoms with van der Waals surface area (Å²) in [5.74, 6) is 1.36. The molecule has 0 aliphatic carbocycles. The standard InChI is InChI=1S/C24H36N4O4/c1-7-12-27(24(30)25-21-11-10-20(31-5)14-22(21)32-6)17-23(29)28(15-18(2)3)16-19-9-8-13-26(19)4/h8-11,13-14,18H,7,12,15-17H2,1-6H3,(H,25,30). The first kappa shape index (κ1) is 25.1. The molecule has 8 nitrogen and oxygen atoms in total. The van der Waals surface area contributed by atoms with E-state index in [1.165, 1.54) is 7.11 Å². The Morgan fingerprint density at radius 2 is 1.88 bits per heavy atom. The molecule has 8 heteroatoms. The SMILES string of the molecule is CCCN(CC(=O)N(Cc1cccn1C)CC(C)C)C(=O)Nc1ccc(OC)cc1OC. The van der Waals surface area contributed by atoms with Crippen LogP contribution in [0.25, 0.3) is 0 Å². The number of methoxy groups -OCH3 is 2. The molecule has 1 aromatic carbocycles. The quantitative estimate of drug-likeness (QED) is 0.569. The average molecular weight is 445 g/mol. The van der Waals surface area contributed by atoms with Crippen molar-refractivity contribution in [2.75, 3.05) is 39.2 Å². The van der Waals surface area contributed by atoms with E-state index < -0.39 is 0 Å². The summed E-state index contributed by atoms with van der Waals surface area (Å²) in [5, 5.41) is 2.87. The molecule has 0 aliphatic heterocycles. The molecule has 32 heavy (non-hydrogen) atoms. The van der Waals surface area contributed by atoms with Gasteiger partial charge in [0, 0.05) is 38.1 Å². The number of carbonyl (C=O) groups is 2. The van der Waals surface area contributed by atoms with Crippen LogP contribution in [0.1, 0.15) is 32.9 Å². The first-order valence-corrected chi connectivity index (χ1v) is 10.9. The van der Waals surface area contributed by atoms with Gasteiger partial charge in [-0.2, -0.15) is 0 Å². The fourth-order valence-electron chi connectivity index (χ4n) is 3.43. The fourth-order valence-corrected chi connectivity index (χ4v) is 3.43. The maximum Gasteiger partial charge on any atom is 0.322 e. The van der Waals surface area contributed by atoms with E-state index >= 15 is 0 Å².